The molecular formula is C13H11ClN4O3S. The first kappa shape index (κ1) is 15.9. The van der Waals surface area contributed by atoms with Gasteiger partial charge in [0.1, 0.15) is 10.7 Å². The Balaban J connectivity index is 2.21. The van der Waals surface area contributed by atoms with Crippen molar-refractivity contribution < 1.29 is 14.4 Å². The molecular weight excluding hydrogens is 328 g/mol. The van der Waals surface area contributed by atoms with Crippen molar-refractivity contribution in [3.05, 3.63) is 40.4 Å². The number of nitrogens with one attached hydrogen (secondary N) is 1. The first-order chi connectivity index (χ1) is 10.4. The van der Waals surface area contributed by atoms with Crippen LogP contribution in [-0.2, 0) is 9.59 Å². The van der Waals surface area contributed by atoms with Crippen LogP contribution in [0.3, 0.4) is 0 Å². The molecule has 0 spiro atoms. The van der Waals surface area contributed by atoms with E-state index in [1.807, 2.05) is 0 Å². The molecule has 0 aliphatic carbocycles. The zero-order chi connectivity index (χ0) is 16.3. The van der Waals surface area contributed by atoms with Crippen LogP contribution in [0.15, 0.2) is 29.6 Å². The molecule has 7 nitrogen and oxygen atoms in total. The number of hydrogen-bond donors (Lipinski definition) is 3. The number of benzene rings is 1. The highest BCUT2D eigenvalue weighted by atomic mass is 35.5. The largest absolute Gasteiger partial charge is 0.367 e. The van der Waals surface area contributed by atoms with E-state index in [1.165, 1.54) is 16.7 Å². The average molecular weight is 339 g/mol. The third kappa shape index (κ3) is 3.41. The highest BCUT2D eigenvalue weighted by molar-refractivity contribution is 7.13. The van der Waals surface area contributed by atoms with Crippen LogP contribution in [-0.4, -0.2) is 28.7 Å². The van der Waals surface area contributed by atoms with Gasteiger partial charge in [-0.15, -0.1) is 11.3 Å². The number of nitrogens with zero attached hydrogens (tertiary/aromatic N) is 1. The number of thiazole rings is 1. The van der Waals surface area contributed by atoms with Crippen LogP contribution in [0.4, 0.5) is 0 Å². The fourth-order valence-corrected chi connectivity index (χ4v) is 2.74. The van der Waals surface area contributed by atoms with Gasteiger partial charge < -0.3 is 16.8 Å². The molecule has 0 aliphatic heterocycles. The van der Waals surface area contributed by atoms with Crippen molar-refractivity contribution >= 4 is 40.7 Å². The third-order valence-electron chi connectivity index (χ3n) is 2.69. The molecule has 2 aromatic rings. The Kier molecular flexibility index (Phi) is 4.74. The minimum absolute atomic E-state index is 0.0346. The number of nitrogens with two attached hydrogens (primary N) is 2. The lowest BCUT2D eigenvalue weighted by molar-refractivity contribution is -0.128. The molecule has 1 heterocycles. The normalized spacial score (nSPS) is 10.5. The summed E-state index contributed by atoms with van der Waals surface area (Å²) in [5.41, 5.74) is 10.7. The van der Waals surface area contributed by atoms with Gasteiger partial charge in [-0.2, -0.15) is 0 Å². The van der Waals surface area contributed by atoms with E-state index in [2.05, 4.69) is 10.3 Å². The second kappa shape index (κ2) is 6.54. The summed E-state index contributed by atoms with van der Waals surface area (Å²) in [7, 11) is 0. The Morgan fingerprint density at radius 1 is 1.18 bits per heavy atom. The topological polar surface area (TPSA) is 128 Å². The van der Waals surface area contributed by atoms with Gasteiger partial charge in [0.2, 0.25) is 11.8 Å². The molecule has 114 valence electrons. The average Bonchev–Trinajstić information content (AvgIpc) is 2.94. The Hall–Kier alpha value is -2.45. The van der Waals surface area contributed by atoms with Crippen molar-refractivity contribution in [3.8, 4) is 10.6 Å². The van der Waals surface area contributed by atoms with Crippen LogP contribution in [0.2, 0.25) is 5.02 Å². The number of aromatic nitrogens is 1. The molecule has 22 heavy (non-hydrogen) atoms. The zero-order valence-electron chi connectivity index (χ0n) is 11.1. The highest BCUT2D eigenvalue weighted by Gasteiger charge is 2.25. The number of rotatable bonds is 5. The monoisotopic (exact) mass is 338 g/mol. The van der Waals surface area contributed by atoms with Gasteiger partial charge in [0, 0.05) is 10.9 Å². The second-order valence-corrected chi connectivity index (χ2v) is 5.49. The van der Waals surface area contributed by atoms with E-state index in [1.54, 1.807) is 24.3 Å². The van der Waals surface area contributed by atoms with Gasteiger partial charge >= 0.3 is 0 Å². The van der Waals surface area contributed by atoms with Gasteiger partial charge in [-0.25, -0.2) is 4.98 Å². The predicted octanol–water partition coefficient (Wildman–Crippen LogP) is 0.533. The van der Waals surface area contributed by atoms with Crippen molar-refractivity contribution in [2.45, 2.75) is 6.04 Å². The number of amides is 3. The number of primary amides is 2. The Morgan fingerprint density at radius 3 is 2.41 bits per heavy atom. The van der Waals surface area contributed by atoms with Crippen molar-refractivity contribution in [2.24, 2.45) is 11.5 Å². The van der Waals surface area contributed by atoms with E-state index in [0.717, 1.165) is 0 Å². The summed E-state index contributed by atoms with van der Waals surface area (Å²) in [6.07, 6.45) is 0. The molecule has 0 fully saturated rings. The molecule has 1 aromatic carbocycles. The summed E-state index contributed by atoms with van der Waals surface area (Å²) in [5, 5.41) is 4.64. The number of halogens is 1. The molecule has 0 bridgehead atoms. The van der Waals surface area contributed by atoms with Gasteiger partial charge in [0.05, 0.1) is 5.02 Å². The first-order valence-corrected chi connectivity index (χ1v) is 7.26. The van der Waals surface area contributed by atoms with E-state index in [0.29, 0.717) is 15.6 Å². The summed E-state index contributed by atoms with van der Waals surface area (Å²) >= 11 is 7.26. The van der Waals surface area contributed by atoms with Gasteiger partial charge in [0.15, 0.2) is 6.04 Å². The van der Waals surface area contributed by atoms with Crippen LogP contribution in [0.25, 0.3) is 10.6 Å². The lowest BCUT2D eigenvalue weighted by atomic mass is 10.2. The first-order valence-electron chi connectivity index (χ1n) is 6.00. The van der Waals surface area contributed by atoms with Crippen molar-refractivity contribution in [3.63, 3.8) is 0 Å². The van der Waals surface area contributed by atoms with Crippen LogP contribution in [0, 0.1) is 0 Å². The molecule has 1 aromatic heterocycles. The van der Waals surface area contributed by atoms with Crippen molar-refractivity contribution in [1.82, 2.24) is 10.3 Å². The number of carbonyl (C=O) groups is 3. The third-order valence-corrected chi connectivity index (χ3v) is 3.89. The molecule has 9 heteroatoms. The van der Waals surface area contributed by atoms with Gasteiger partial charge in [-0.3, -0.25) is 14.4 Å². The Bertz CT molecular complexity index is 732. The fourth-order valence-electron chi connectivity index (χ4n) is 1.62. The summed E-state index contributed by atoms with van der Waals surface area (Å²) in [5.74, 6) is -2.80. The predicted molar refractivity (Wildman–Crippen MR) is 82.2 cm³/mol. The second-order valence-electron chi connectivity index (χ2n) is 4.23. The summed E-state index contributed by atoms with van der Waals surface area (Å²) < 4.78 is 0. The maximum atomic E-state index is 12.0. The van der Waals surface area contributed by atoms with Crippen LogP contribution in [0.1, 0.15) is 10.5 Å². The standard InChI is InChI=1S/C13H11ClN4O3S/c14-7-4-2-1-3-6(7)13-17-8(5-22-13)12(21)18-9(10(15)19)11(16)20/h1-5,9H,(H2,15,19)(H2,16,20)(H,18,21). The van der Waals surface area contributed by atoms with Crippen LogP contribution in [0.5, 0.6) is 0 Å². The quantitative estimate of drug-likeness (QED) is 0.687. The lowest BCUT2D eigenvalue weighted by Crippen LogP contribution is -2.52. The van der Waals surface area contributed by atoms with E-state index in [-0.39, 0.29) is 5.69 Å². The molecule has 0 atom stereocenters. The number of carbonyl (C=O) groups excluding carboxylic acids is 3. The summed E-state index contributed by atoms with van der Waals surface area (Å²) in [6, 6.07) is 5.45. The highest BCUT2D eigenvalue weighted by Crippen LogP contribution is 2.29. The molecule has 3 amide bonds. The van der Waals surface area contributed by atoms with Crippen molar-refractivity contribution in [1.29, 1.82) is 0 Å². The van der Waals surface area contributed by atoms with E-state index >= 15 is 0 Å². The van der Waals surface area contributed by atoms with Crippen LogP contribution >= 0.6 is 22.9 Å². The Labute approximate surface area is 134 Å². The molecule has 0 saturated heterocycles. The van der Waals surface area contributed by atoms with Crippen LogP contribution < -0.4 is 16.8 Å². The summed E-state index contributed by atoms with van der Waals surface area (Å²) in [6.45, 7) is 0. The lowest BCUT2D eigenvalue weighted by Gasteiger charge is -2.10. The molecule has 0 unspecified atom stereocenters. The van der Waals surface area contributed by atoms with Gasteiger partial charge in [-0.1, -0.05) is 29.8 Å². The maximum absolute atomic E-state index is 12.0. The smallest absolute Gasteiger partial charge is 0.271 e. The molecule has 0 saturated carbocycles. The van der Waals surface area contributed by atoms with E-state index < -0.39 is 23.8 Å². The molecule has 5 N–H and O–H groups in total. The SMILES string of the molecule is NC(=O)C(NC(=O)c1csc(-c2ccccc2Cl)n1)C(N)=O. The van der Waals surface area contributed by atoms with E-state index in [9.17, 15) is 14.4 Å². The molecule has 0 aliphatic rings. The molecule has 2 rings (SSSR count). The minimum atomic E-state index is -1.59. The van der Waals surface area contributed by atoms with E-state index in [4.69, 9.17) is 23.1 Å². The fraction of sp³-hybridized carbons (Fsp3) is 0.0769. The van der Waals surface area contributed by atoms with Gasteiger partial charge in [-0.05, 0) is 6.07 Å². The van der Waals surface area contributed by atoms with Crippen molar-refractivity contribution in [2.75, 3.05) is 0 Å². The minimum Gasteiger partial charge on any atom is -0.367 e. The summed E-state index contributed by atoms with van der Waals surface area (Å²) in [4.78, 5) is 38.2. The number of hydrogen-bond acceptors (Lipinski definition) is 5. The molecule has 0 radical (unpaired) electrons. The van der Waals surface area contributed by atoms with Gasteiger partial charge in [0.25, 0.3) is 5.91 Å². The maximum Gasteiger partial charge on any atom is 0.271 e. The zero-order valence-corrected chi connectivity index (χ0v) is 12.6. The Morgan fingerprint density at radius 2 is 1.82 bits per heavy atom.